The van der Waals surface area contributed by atoms with Crippen molar-refractivity contribution in [3.63, 3.8) is 0 Å². The van der Waals surface area contributed by atoms with Crippen molar-refractivity contribution in [2.24, 2.45) is 0 Å². The minimum absolute atomic E-state index is 0.120. The lowest BCUT2D eigenvalue weighted by Gasteiger charge is -2.37. The summed E-state index contributed by atoms with van der Waals surface area (Å²) in [7, 11) is -2.87. The van der Waals surface area contributed by atoms with Crippen molar-refractivity contribution in [2.45, 2.75) is 32.7 Å². The van der Waals surface area contributed by atoms with Gasteiger partial charge in [-0.1, -0.05) is 29.8 Å². The van der Waals surface area contributed by atoms with Crippen molar-refractivity contribution < 1.29 is 13.2 Å². The predicted octanol–water partition coefficient (Wildman–Crippen LogP) is 2.30. The van der Waals surface area contributed by atoms with Crippen LogP contribution in [0.25, 0.3) is 11.3 Å². The molecule has 0 bridgehead atoms. The van der Waals surface area contributed by atoms with Crippen LogP contribution in [0.2, 0.25) is 0 Å². The summed E-state index contributed by atoms with van der Waals surface area (Å²) >= 11 is 1.59. The molecular formula is C21H27N3O3S2. The molecule has 156 valence electrons. The van der Waals surface area contributed by atoms with Gasteiger partial charge in [0.25, 0.3) is 0 Å². The van der Waals surface area contributed by atoms with Gasteiger partial charge >= 0.3 is 0 Å². The molecule has 29 heavy (non-hydrogen) atoms. The molecule has 2 aromatic rings. The van der Waals surface area contributed by atoms with E-state index >= 15 is 0 Å². The molecule has 0 N–H and O–H groups in total. The second kappa shape index (κ2) is 8.16. The van der Waals surface area contributed by atoms with Gasteiger partial charge in [0.2, 0.25) is 5.91 Å². The molecule has 2 saturated heterocycles. The fourth-order valence-electron chi connectivity index (χ4n) is 4.18. The van der Waals surface area contributed by atoms with Gasteiger partial charge in [-0.3, -0.25) is 9.69 Å². The minimum atomic E-state index is -2.87. The third-order valence-corrected chi connectivity index (χ3v) is 8.55. The van der Waals surface area contributed by atoms with Gasteiger partial charge < -0.3 is 4.90 Å². The zero-order valence-corrected chi connectivity index (χ0v) is 18.6. The number of aryl methyl sites for hydroxylation is 2. The second-order valence-electron chi connectivity index (χ2n) is 8.02. The summed E-state index contributed by atoms with van der Waals surface area (Å²) in [6.07, 6.45) is 1.09. The Morgan fingerprint density at radius 2 is 1.83 bits per heavy atom. The van der Waals surface area contributed by atoms with Crippen molar-refractivity contribution in [1.29, 1.82) is 0 Å². The van der Waals surface area contributed by atoms with E-state index in [0.29, 0.717) is 25.3 Å². The van der Waals surface area contributed by atoms with Crippen LogP contribution in [0.5, 0.6) is 0 Å². The van der Waals surface area contributed by atoms with Crippen molar-refractivity contribution in [1.82, 2.24) is 14.8 Å². The number of sulfone groups is 1. The molecule has 0 saturated carbocycles. The number of thiazole rings is 1. The minimum Gasteiger partial charge on any atom is -0.340 e. The average Bonchev–Trinajstić information content (AvgIpc) is 3.24. The van der Waals surface area contributed by atoms with Crippen molar-refractivity contribution in [3.8, 4) is 11.3 Å². The fourth-order valence-corrected chi connectivity index (χ4v) is 6.89. The standard InChI is InChI=1S/C21H27N3O3S2/c1-15-3-5-17(6-4-15)21-19(28-16(2)22-21)13-20(25)24-10-8-23(9-11-24)18-7-12-29(26,27)14-18/h3-6,18H,7-14H2,1-2H3. The molecule has 6 nitrogen and oxygen atoms in total. The molecule has 1 aromatic carbocycles. The maximum absolute atomic E-state index is 12.9. The smallest absolute Gasteiger partial charge is 0.227 e. The van der Waals surface area contributed by atoms with Crippen molar-refractivity contribution >= 4 is 27.1 Å². The van der Waals surface area contributed by atoms with Crippen LogP contribution in [0.1, 0.15) is 21.9 Å². The maximum Gasteiger partial charge on any atom is 0.227 e. The lowest BCUT2D eigenvalue weighted by atomic mass is 10.1. The number of rotatable bonds is 4. The van der Waals surface area contributed by atoms with Gasteiger partial charge in [-0.05, 0) is 20.3 Å². The zero-order chi connectivity index (χ0) is 20.6. The summed E-state index contributed by atoms with van der Waals surface area (Å²) in [5, 5.41) is 0.968. The van der Waals surface area contributed by atoms with Gasteiger partial charge in [0.1, 0.15) is 0 Å². The Bertz CT molecular complexity index is 991. The number of benzene rings is 1. The first-order valence-corrected chi connectivity index (χ1v) is 12.7. The highest BCUT2D eigenvalue weighted by Crippen LogP contribution is 2.29. The van der Waals surface area contributed by atoms with Crippen LogP contribution in [-0.2, 0) is 21.1 Å². The quantitative estimate of drug-likeness (QED) is 0.740. The van der Waals surface area contributed by atoms with E-state index < -0.39 is 9.84 Å². The molecule has 4 rings (SSSR count). The van der Waals surface area contributed by atoms with Crippen molar-refractivity contribution in [2.75, 3.05) is 37.7 Å². The Morgan fingerprint density at radius 1 is 1.14 bits per heavy atom. The third kappa shape index (κ3) is 4.70. The zero-order valence-electron chi connectivity index (χ0n) is 16.9. The van der Waals surface area contributed by atoms with Gasteiger partial charge in [-0.15, -0.1) is 11.3 Å². The molecule has 2 aliphatic rings. The molecule has 0 aliphatic carbocycles. The largest absolute Gasteiger partial charge is 0.340 e. The lowest BCUT2D eigenvalue weighted by molar-refractivity contribution is -0.132. The summed E-state index contributed by atoms with van der Waals surface area (Å²) in [5.41, 5.74) is 3.16. The molecule has 3 heterocycles. The number of nitrogens with zero attached hydrogens (tertiary/aromatic N) is 3. The first-order valence-electron chi connectivity index (χ1n) is 10.1. The number of aromatic nitrogens is 1. The first kappa shape index (κ1) is 20.5. The molecule has 0 radical (unpaired) electrons. The van der Waals surface area contributed by atoms with Crippen LogP contribution in [0.4, 0.5) is 0 Å². The van der Waals surface area contributed by atoms with Gasteiger partial charge in [-0.25, -0.2) is 13.4 Å². The topological polar surface area (TPSA) is 70.6 Å². The van der Waals surface area contributed by atoms with Gasteiger partial charge in [0.05, 0.1) is 28.6 Å². The van der Waals surface area contributed by atoms with Gasteiger partial charge in [-0.2, -0.15) is 0 Å². The van der Waals surface area contributed by atoms with E-state index in [1.54, 1.807) is 11.3 Å². The number of hydrogen-bond donors (Lipinski definition) is 0. The monoisotopic (exact) mass is 433 g/mol. The molecule has 1 aromatic heterocycles. The average molecular weight is 434 g/mol. The van der Waals surface area contributed by atoms with Crippen LogP contribution in [0.3, 0.4) is 0 Å². The summed E-state index contributed by atoms with van der Waals surface area (Å²) < 4.78 is 23.5. The SMILES string of the molecule is Cc1ccc(-c2nc(C)sc2CC(=O)N2CCN(C3CCS(=O)(=O)C3)CC2)cc1. The van der Waals surface area contributed by atoms with E-state index in [4.69, 9.17) is 0 Å². The van der Waals surface area contributed by atoms with E-state index in [-0.39, 0.29) is 17.7 Å². The number of carbonyl (C=O) groups is 1. The highest BCUT2D eigenvalue weighted by Gasteiger charge is 2.34. The Labute approximate surface area is 176 Å². The summed E-state index contributed by atoms with van der Waals surface area (Å²) in [4.78, 5) is 22.8. The Hall–Kier alpha value is -1.77. The molecule has 2 aliphatic heterocycles. The predicted molar refractivity (Wildman–Crippen MR) is 116 cm³/mol. The second-order valence-corrected chi connectivity index (χ2v) is 11.5. The number of hydrogen-bond acceptors (Lipinski definition) is 6. The first-order chi connectivity index (χ1) is 13.8. The van der Waals surface area contributed by atoms with Gasteiger partial charge in [0, 0.05) is 42.7 Å². The summed E-state index contributed by atoms with van der Waals surface area (Å²) in [6.45, 7) is 6.85. The third-order valence-electron chi connectivity index (χ3n) is 5.83. The molecular weight excluding hydrogens is 406 g/mol. The Kier molecular flexibility index (Phi) is 5.77. The fraction of sp³-hybridized carbons (Fsp3) is 0.524. The molecule has 8 heteroatoms. The van der Waals surface area contributed by atoms with Crippen LogP contribution < -0.4 is 0 Å². The van der Waals surface area contributed by atoms with Crippen molar-refractivity contribution in [3.05, 3.63) is 39.7 Å². The summed E-state index contributed by atoms with van der Waals surface area (Å²) in [6, 6.07) is 8.38. The highest BCUT2D eigenvalue weighted by molar-refractivity contribution is 7.91. The number of carbonyl (C=O) groups excluding carboxylic acids is 1. The van der Waals surface area contributed by atoms with E-state index in [9.17, 15) is 13.2 Å². The Morgan fingerprint density at radius 3 is 2.45 bits per heavy atom. The number of amides is 1. The van der Waals surface area contributed by atoms with E-state index in [2.05, 4.69) is 41.1 Å². The Balaban J connectivity index is 1.39. The van der Waals surface area contributed by atoms with E-state index in [1.807, 2.05) is 11.8 Å². The van der Waals surface area contributed by atoms with E-state index in [1.165, 1.54) is 5.56 Å². The lowest BCUT2D eigenvalue weighted by Crippen LogP contribution is -2.52. The van der Waals surface area contributed by atoms with Gasteiger partial charge in [0.15, 0.2) is 9.84 Å². The molecule has 1 amide bonds. The maximum atomic E-state index is 12.9. The summed E-state index contributed by atoms with van der Waals surface area (Å²) in [5.74, 6) is 0.685. The molecule has 0 spiro atoms. The number of piperazine rings is 1. The highest BCUT2D eigenvalue weighted by atomic mass is 32.2. The molecule has 1 unspecified atom stereocenters. The van der Waals surface area contributed by atoms with Crippen LogP contribution >= 0.6 is 11.3 Å². The molecule has 1 atom stereocenters. The van der Waals surface area contributed by atoms with Crippen LogP contribution in [0.15, 0.2) is 24.3 Å². The van der Waals surface area contributed by atoms with E-state index in [0.717, 1.165) is 40.7 Å². The normalized spacial score (nSPS) is 22.1. The van der Waals surface area contributed by atoms with Crippen LogP contribution in [-0.4, -0.2) is 72.8 Å². The molecule has 2 fully saturated rings. The van der Waals surface area contributed by atoms with Crippen LogP contribution in [0, 0.1) is 13.8 Å².